The largest absolute Gasteiger partial charge is 0.334 e. The summed E-state index contributed by atoms with van der Waals surface area (Å²) in [7, 11) is 0. The molecule has 64 valence electrons. The number of likely N-dealkylation sites (tertiary alicyclic amines) is 1. The fraction of sp³-hybridized carbons (Fsp3) is 0.857. The van der Waals surface area contributed by atoms with Gasteiger partial charge in [-0.05, 0) is 12.8 Å². The predicted octanol–water partition coefficient (Wildman–Crippen LogP) is 0.894. The minimum atomic E-state index is 0.202. The molecule has 1 heterocycles. The lowest BCUT2D eigenvalue weighted by atomic mass is 10.4. The second-order valence-corrected chi connectivity index (χ2v) is 3.64. The Kier molecular flexibility index (Phi) is 3.72. The van der Waals surface area contributed by atoms with Crippen molar-refractivity contribution in [1.82, 2.24) is 4.90 Å². The summed E-state index contributed by atoms with van der Waals surface area (Å²) in [5, 5.41) is 0.202. The molecule has 0 atom stereocenters. The minimum Gasteiger partial charge on any atom is -0.334 e. The number of hydrogen-bond acceptors (Lipinski definition) is 3. The molecule has 0 bridgehead atoms. The highest BCUT2D eigenvalue weighted by atomic mass is 32.2. The Bertz CT molecular complexity index is 134. The molecule has 1 aliphatic heterocycles. The Labute approximate surface area is 71.3 Å². The highest BCUT2D eigenvalue weighted by molar-refractivity contribution is 8.13. The van der Waals surface area contributed by atoms with Crippen LogP contribution >= 0.6 is 11.8 Å². The minimum absolute atomic E-state index is 0.202. The van der Waals surface area contributed by atoms with Gasteiger partial charge in [-0.2, -0.15) is 0 Å². The second kappa shape index (κ2) is 4.62. The first-order valence-corrected chi connectivity index (χ1v) is 4.95. The molecule has 1 amide bonds. The quantitative estimate of drug-likeness (QED) is 0.676. The van der Waals surface area contributed by atoms with Crippen LogP contribution in [-0.2, 0) is 0 Å². The molecule has 1 rings (SSSR count). The Morgan fingerprint density at radius 3 is 2.64 bits per heavy atom. The van der Waals surface area contributed by atoms with E-state index < -0.39 is 0 Å². The zero-order valence-corrected chi connectivity index (χ0v) is 7.40. The molecule has 3 nitrogen and oxygen atoms in total. The molecule has 2 N–H and O–H groups in total. The molecular formula is C7H14N2OS. The number of rotatable bonds is 2. The van der Waals surface area contributed by atoms with Gasteiger partial charge in [-0.1, -0.05) is 11.8 Å². The van der Waals surface area contributed by atoms with E-state index in [2.05, 4.69) is 0 Å². The molecule has 0 aliphatic carbocycles. The van der Waals surface area contributed by atoms with E-state index in [1.54, 1.807) is 0 Å². The van der Waals surface area contributed by atoms with Crippen molar-refractivity contribution in [2.45, 2.75) is 12.8 Å². The first-order chi connectivity index (χ1) is 5.34. The topological polar surface area (TPSA) is 46.3 Å². The van der Waals surface area contributed by atoms with E-state index in [0.717, 1.165) is 31.7 Å². The van der Waals surface area contributed by atoms with Gasteiger partial charge in [0.25, 0.3) is 5.24 Å². The average Bonchev–Trinajstić information content (AvgIpc) is 2.52. The van der Waals surface area contributed by atoms with Crippen molar-refractivity contribution in [3.8, 4) is 0 Å². The first-order valence-electron chi connectivity index (χ1n) is 3.96. The van der Waals surface area contributed by atoms with Gasteiger partial charge in [0.1, 0.15) is 0 Å². The third kappa shape index (κ3) is 2.71. The van der Waals surface area contributed by atoms with Gasteiger partial charge in [0.05, 0.1) is 0 Å². The number of nitrogens with two attached hydrogens (primary N) is 1. The maximum atomic E-state index is 11.2. The summed E-state index contributed by atoms with van der Waals surface area (Å²) in [4.78, 5) is 13.1. The lowest BCUT2D eigenvalue weighted by Gasteiger charge is -2.13. The van der Waals surface area contributed by atoms with Gasteiger partial charge >= 0.3 is 0 Å². The zero-order chi connectivity index (χ0) is 8.10. The molecule has 0 spiro atoms. The van der Waals surface area contributed by atoms with Crippen molar-refractivity contribution in [3.63, 3.8) is 0 Å². The van der Waals surface area contributed by atoms with Crippen LogP contribution in [0.1, 0.15) is 12.8 Å². The lowest BCUT2D eigenvalue weighted by molar-refractivity contribution is 0.233. The van der Waals surface area contributed by atoms with Crippen molar-refractivity contribution in [3.05, 3.63) is 0 Å². The van der Waals surface area contributed by atoms with E-state index in [-0.39, 0.29) is 5.24 Å². The van der Waals surface area contributed by atoms with Gasteiger partial charge in [-0.15, -0.1) is 0 Å². The lowest BCUT2D eigenvalue weighted by Crippen LogP contribution is -2.24. The molecule has 1 fully saturated rings. The summed E-state index contributed by atoms with van der Waals surface area (Å²) in [6, 6.07) is 0. The van der Waals surface area contributed by atoms with Gasteiger partial charge < -0.3 is 10.6 Å². The van der Waals surface area contributed by atoms with Gasteiger partial charge in [0, 0.05) is 25.4 Å². The monoisotopic (exact) mass is 174 g/mol. The molecule has 0 radical (unpaired) electrons. The molecule has 11 heavy (non-hydrogen) atoms. The molecule has 4 heteroatoms. The highest BCUT2D eigenvalue weighted by Gasteiger charge is 2.17. The van der Waals surface area contributed by atoms with Gasteiger partial charge in [0.2, 0.25) is 0 Å². The van der Waals surface area contributed by atoms with Crippen molar-refractivity contribution < 1.29 is 4.79 Å². The Morgan fingerprint density at radius 1 is 1.45 bits per heavy atom. The maximum Gasteiger partial charge on any atom is 0.281 e. The molecule has 0 saturated carbocycles. The van der Waals surface area contributed by atoms with Crippen molar-refractivity contribution in [1.29, 1.82) is 0 Å². The van der Waals surface area contributed by atoms with Crippen LogP contribution < -0.4 is 5.73 Å². The van der Waals surface area contributed by atoms with Crippen LogP contribution in [0.2, 0.25) is 0 Å². The van der Waals surface area contributed by atoms with Crippen LogP contribution in [0.3, 0.4) is 0 Å². The van der Waals surface area contributed by atoms with Gasteiger partial charge in [0.15, 0.2) is 0 Å². The average molecular weight is 174 g/mol. The summed E-state index contributed by atoms with van der Waals surface area (Å²) < 4.78 is 0. The fourth-order valence-corrected chi connectivity index (χ4v) is 1.79. The number of nitrogens with zero attached hydrogens (tertiary/aromatic N) is 1. The number of hydrogen-bond donors (Lipinski definition) is 1. The Balaban J connectivity index is 2.17. The van der Waals surface area contributed by atoms with Gasteiger partial charge in [-0.3, -0.25) is 4.79 Å². The number of carbonyl (C=O) groups excluding carboxylic acids is 1. The standard InChI is InChI=1S/C7H14N2OS/c8-3-6-11-7(10)9-4-1-2-5-9/h1-6,8H2. The normalized spacial score (nSPS) is 17.4. The van der Waals surface area contributed by atoms with Crippen LogP contribution in [0.15, 0.2) is 0 Å². The van der Waals surface area contributed by atoms with Gasteiger partial charge in [-0.25, -0.2) is 0 Å². The van der Waals surface area contributed by atoms with Crippen LogP contribution in [-0.4, -0.2) is 35.5 Å². The van der Waals surface area contributed by atoms with E-state index in [9.17, 15) is 4.79 Å². The van der Waals surface area contributed by atoms with Crippen LogP contribution in [0.25, 0.3) is 0 Å². The van der Waals surface area contributed by atoms with E-state index in [4.69, 9.17) is 5.73 Å². The Hall–Kier alpha value is -0.220. The van der Waals surface area contributed by atoms with Crippen LogP contribution in [0.4, 0.5) is 4.79 Å². The fourth-order valence-electron chi connectivity index (χ4n) is 1.14. The summed E-state index contributed by atoms with van der Waals surface area (Å²) in [5.74, 6) is 0.745. The number of carbonyl (C=O) groups is 1. The van der Waals surface area contributed by atoms with E-state index in [0.29, 0.717) is 6.54 Å². The Morgan fingerprint density at radius 2 is 2.09 bits per heavy atom. The third-order valence-electron chi connectivity index (χ3n) is 1.71. The van der Waals surface area contributed by atoms with Crippen molar-refractivity contribution >= 4 is 17.0 Å². The van der Waals surface area contributed by atoms with Crippen LogP contribution in [0, 0.1) is 0 Å². The van der Waals surface area contributed by atoms with E-state index >= 15 is 0 Å². The third-order valence-corrected chi connectivity index (χ3v) is 2.65. The van der Waals surface area contributed by atoms with Crippen LogP contribution in [0.5, 0.6) is 0 Å². The van der Waals surface area contributed by atoms with Crippen molar-refractivity contribution in [2.75, 3.05) is 25.4 Å². The first kappa shape index (κ1) is 8.87. The molecule has 0 aromatic rings. The molecule has 1 saturated heterocycles. The summed E-state index contributed by atoms with van der Waals surface area (Å²) in [5.41, 5.74) is 5.28. The molecule has 0 aromatic carbocycles. The smallest absolute Gasteiger partial charge is 0.281 e. The van der Waals surface area contributed by atoms with E-state index in [1.165, 1.54) is 11.8 Å². The highest BCUT2D eigenvalue weighted by Crippen LogP contribution is 2.14. The zero-order valence-electron chi connectivity index (χ0n) is 6.58. The molecule has 0 unspecified atom stereocenters. The molecule has 0 aromatic heterocycles. The van der Waals surface area contributed by atoms with E-state index in [1.807, 2.05) is 4.90 Å². The predicted molar refractivity (Wildman–Crippen MR) is 47.7 cm³/mol. The molecule has 1 aliphatic rings. The summed E-state index contributed by atoms with van der Waals surface area (Å²) in [6.07, 6.45) is 2.32. The maximum absolute atomic E-state index is 11.2. The second-order valence-electron chi connectivity index (χ2n) is 2.60. The number of thioether (sulfide) groups is 1. The van der Waals surface area contributed by atoms with Crippen molar-refractivity contribution in [2.24, 2.45) is 5.73 Å². The summed E-state index contributed by atoms with van der Waals surface area (Å²) in [6.45, 7) is 2.47. The SMILES string of the molecule is NCCSC(=O)N1CCCC1. The molecular weight excluding hydrogens is 160 g/mol. The summed E-state index contributed by atoms with van der Waals surface area (Å²) >= 11 is 1.34. The number of amides is 1.